The van der Waals surface area contributed by atoms with Gasteiger partial charge >= 0.3 is 0 Å². The van der Waals surface area contributed by atoms with Crippen molar-refractivity contribution >= 4 is 17.7 Å². The van der Waals surface area contributed by atoms with Crippen LogP contribution in [0.5, 0.6) is 0 Å². The summed E-state index contributed by atoms with van der Waals surface area (Å²) in [4.78, 5) is 16.0. The largest absolute Gasteiger partial charge is 0.304 e. The molecular weight excluding hydrogens is 176 g/mol. The van der Waals surface area contributed by atoms with Gasteiger partial charge in [0.25, 0.3) is 5.91 Å². The lowest BCUT2D eigenvalue weighted by Gasteiger charge is -2.21. The Labute approximate surface area is 76.4 Å². The fourth-order valence-corrected chi connectivity index (χ4v) is 1.88. The van der Waals surface area contributed by atoms with E-state index in [-0.39, 0.29) is 11.9 Å². The first-order valence-corrected chi connectivity index (χ1v) is 5.23. The quantitative estimate of drug-likeness (QED) is 0.603. The fourth-order valence-electron chi connectivity index (χ4n) is 0.948. The predicted molar refractivity (Wildman–Crippen MR) is 48.9 cm³/mol. The molecule has 70 valence electrons. The zero-order valence-corrected chi connectivity index (χ0v) is 7.95. The standard InChI is InChI=1S/C7H14N2O2S/c1-2-11-9-7(10)6-5-12-4-3-8-6/h6,8H,2-5H2,1H3,(H,9,10). The molecule has 1 aliphatic heterocycles. The maximum atomic E-state index is 11.2. The van der Waals surface area contributed by atoms with Crippen molar-refractivity contribution in [3.63, 3.8) is 0 Å². The highest BCUT2D eigenvalue weighted by atomic mass is 32.2. The van der Waals surface area contributed by atoms with Crippen LogP contribution in [0, 0.1) is 0 Å². The van der Waals surface area contributed by atoms with E-state index < -0.39 is 0 Å². The van der Waals surface area contributed by atoms with E-state index in [9.17, 15) is 4.79 Å². The SMILES string of the molecule is CCONC(=O)C1CSCCN1. The summed E-state index contributed by atoms with van der Waals surface area (Å²) < 4.78 is 0. The van der Waals surface area contributed by atoms with E-state index in [2.05, 4.69) is 10.8 Å². The van der Waals surface area contributed by atoms with Gasteiger partial charge in [-0.15, -0.1) is 0 Å². The number of rotatable bonds is 3. The first-order chi connectivity index (χ1) is 5.84. The third kappa shape index (κ3) is 3.00. The van der Waals surface area contributed by atoms with Crippen LogP contribution in [-0.4, -0.2) is 36.6 Å². The molecular formula is C7H14N2O2S. The maximum absolute atomic E-state index is 11.2. The predicted octanol–water partition coefficient (Wildman–Crippen LogP) is -0.241. The zero-order chi connectivity index (χ0) is 8.81. The van der Waals surface area contributed by atoms with Gasteiger partial charge in [0, 0.05) is 18.1 Å². The molecule has 0 aromatic heterocycles. The van der Waals surface area contributed by atoms with Crippen molar-refractivity contribution in [2.75, 3.05) is 24.7 Å². The smallest absolute Gasteiger partial charge is 0.261 e. The van der Waals surface area contributed by atoms with E-state index in [4.69, 9.17) is 4.84 Å². The first-order valence-electron chi connectivity index (χ1n) is 4.07. The summed E-state index contributed by atoms with van der Waals surface area (Å²) in [6, 6.07) is -0.0877. The lowest BCUT2D eigenvalue weighted by Crippen LogP contribution is -2.48. The molecule has 0 saturated carbocycles. The lowest BCUT2D eigenvalue weighted by molar-refractivity contribution is -0.134. The van der Waals surface area contributed by atoms with Crippen LogP contribution in [0.4, 0.5) is 0 Å². The molecule has 0 bridgehead atoms. The Bertz CT molecular complexity index is 148. The van der Waals surface area contributed by atoms with Crippen molar-refractivity contribution in [1.82, 2.24) is 10.8 Å². The average molecular weight is 190 g/mol. The molecule has 0 radical (unpaired) electrons. The molecule has 0 aromatic rings. The fraction of sp³-hybridized carbons (Fsp3) is 0.857. The van der Waals surface area contributed by atoms with E-state index in [1.807, 2.05) is 6.92 Å². The molecule has 1 heterocycles. The number of hydrogen-bond donors (Lipinski definition) is 2. The van der Waals surface area contributed by atoms with Crippen LogP contribution in [0.2, 0.25) is 0 Å². The Hall–Kier alpha value is -0.260. The summed E-state index contributed by atoms with van der Waals surface area (Å²) in [5.74, 6) is 1.85. The number of hydrogen-bond acceptors (Lipinski definition) is 4. The minimum absolute atomic E-state index is 0.0657. The van der Waals surface area contributed by atoms with Crippen LogP contribution in [0.1, 0.15) is 6.92 Å². The first kappa shape index (κ1) is 9.83. The van der Waals surface area contributed by atoms with E-state index in [1.165, 1.54) is 0 Å². The van der Waals surface area contributed by atoms with Crippen molar-refractivity contribution in [1.29, 1.82) is 0 Å². The molecule has 1 atom stereocenters. The summed E-state index contributed by atoms with van der Waals surface area (Å²) >= 11 is 1.79. The molecule has 0 spiro atoms. The molecule has 0 aromatic carbocycles. The summed E-state index contributed by atoms with van der Waals surface area (Å²) in [6.45, 7) is 3.24. The third-order valence-electron chi connectivity index (χ3n) is 1.56. The van der Waals surface area contributed by atoms with Crippen molar-refractivity contribution in [2.45, 2.75) is 13.0 Å². The van der Waals surface area contributed by atoms with E-state index in [0.29, 0.717) is 6.61 Å². The van der Waals surface area contributed by atoms with Gasteiger partial charge in [-0.1, -0.05) is 0 Å². The van der Waals surface area contributed by atoms with Gasteiger partial charge < -0.3 is 5.32 Å². The van der Waals surface area contributed by atoms with Gasteiger partial charge in [-0.2, -0.15) is 11.8 Å². The molecule has 1 rings (SSSR count). The Morgan fingerprint density at radius 2 is 2.67 bits per heavy atom. The van der Waals surface area contributed by atoms with Gasteiger partial charge in [0.2, 0.25) is 0 Å². The Morgan fingerprint density at radius 1 is 1.83 bits per heavy atom. The molecule has 1 amide bonds. The molecule has 2 N–H and O–H groups in total. The van der Waals surface area contributed by atoms with Gasteiger partial charge in [-0.25, -0.2) is 5.48 Å². The highest BCUT2D eigenvalue weighted by Gasteiger charge is 2.20. The van der Waals surface area contributed by atoms with Crippen LogP contribution in [0.15, 0.2) is 0 Å². The number of carbonyl (C=O) groups is 1. The molecule has 5 heteroatoms. The van der Waals surface area contributed by atoms with Gasteiger partial charge in [0.05, 0.1) is 12.6 Å². The molecule has 1 saturated heterocycles. The van der Waals surface area contributed by atoms with Crippen LogP contribution < -0.4 is 10.8 Å². The van der Waals surface area contributed by atoms with Crippen molar-refractivity contribution in [3.8, 4) is 0 Å². The Balaban J connectivity index is 2.20. The molecule has 1 unspecified atom stereocenters. The summed E-state index contributed by atoms with van der Waals surface area (Å²) in [6.07, 6.45) is 0. The number of thioether (sulfide) groups is 1. The summed E-state index contributed by atoms with van der Waals surface area (Å²) in [5.41, 5.74) is 2.39. The van der Waals surface area contributed by atoms with Crippen LogP contribution in [0.25, 0.3) is 0 Å². The third-order valence-corrected chi connectivity index (χ3v) is 2.62. The molecule has 1 aliphatic rings. The van der Waals surface area contributed by atoms with Crippen LogP contribution >= 0.6 is 11.8 Å². The van der Waals surface area contributed by atoms with Gasteiger partial charge in [0.1, 0.15) is 0 Å². The molecule has 12 heavy (non-hydrogen) atoms. The number of hydroxylamine groups is 1. The normalized spacial score (nSPS) is 23.6. The Morgan fingerprint density at radius 3 is 3.25 bits per heavy atom. The van der Waals surface area contributed by atoms with Crippen LogP contribution in [-0.2, 0) is 9.63 Å². The van der Waals surface area contributed by atoms with Crippen molar-refractivity contribution < 1.29 is 9.63 Å². The average Bonchev–Trinajstić information content (AvgIpc) is 2.15. The monoisotopic (exact) mass is 190 g/mol. The second-order valence-corrected chi connectivity index (χ2v) is 3.63. The van der Waals surface area contributed by atoms with Crippen LogP contribution in [0.3, 0.4) is 0 Å². The molecule has 0 aliphatic carbocycles. The number of amides is 1. The second-order valence-electron chi connectivity index (χ2n) is 2.48. The zero-order valence-electron chi connectivity index (χ0n) is 7.13. The number of carbonyl (C=O) groups excluding carboxylic acids is 1. The molecule has 4 nitrogen and oxygen atoms in total. The van der Waals surface area contributed by atoms with E-state index in [0.717, 1.165) is 18.1 Å². The topological polar surface area (TPSA) is 50.4 Å². The minimum Gasteiger partial charge on any atom is -0.304 e. The van der Waals surface area contributed by atoms with E-state index in [1.54, 1.807) is 11.8 Å². The Kier molecular flexibility index (Phi) is 4.42. The maximum Gasteiger partial charge on any atom is 0.261 e. The van der Waals surface area contributed by atoms with Crippen molar-refractivity contribution in [3.05, 3.63) is 0 Å². The highest BCUT2D eigenvalue weighted by Crippen LogP contribution is 2.07. The van der Waals surface area contributed by atoms with Gasteiger partial charge in [0.15, 0.2) is 0 Å². The highest BCUT2D eigenvalue weighted by molar-refractivity contribution is 7.99. The molecule has 1 fully saturated rings. The number of nitrogens with one attached hydrogen (secondary N) is 2. The van der Waals surface area contributed by atoms with E-state index >= 15 is 0 Å². The van der Waals surface area contributed by atoms with Gasteiger partial charge in [-0.3, -0.25) is 9.63 Å². The van der Waals surface area contributed by atoms with Crippen molar-refractivity contribution in [2.24, 2.45) is 0 Å². The summed E-state index contributed by atoms with van der Waals surface area (Å²) in [7, 11) is 0. The van der Waals surface area contributed by atoms with Gasteiger partial charge in [-0.05, 0) is 6.92 Å². The lowest BCUT2D eigenvalue weighted by atomic mass is 10.3. The summed E-state index contributed by atoms with van der Waals surface area (Å²) in [5, 5.41) is 3.11. The minimum atomic E-state index is -0.0877. The second kappa shape index (κ2) is 5.40.